The summed E-state index contributed by atoms with van der Waals surface area (Å²) in [4.78, 5) is 10.1. The Kier molecular flexibility index (Phi) is 3.46. The van der Waals surface area contributed by atoms with E-state index in [-0.39, 0.29) is 4.90 Å². The number of rotatable bonds is 4. The minimum absolute atomic E-state index is 0.0425. The standard InChI is InChI=1S/C8H10N4O3S/c9-8(10)12-16(14,15)7-3-1-6(2-4-7)11-5-13/h1-5H,(H,11,13)(H4,9,10,12). The molecule has 0 bridgehead atoms. The second-order valence-electron chi connectivity index (χ2n) is 2.81. The number of amides is 1. The lowest BCUT2D eigenvalue weighted by Crippen LogP contribution is -2.35. The number of hydrogen-bond donors (Lipinski definition) is 4. The number of benzene rings is 1. The van der Waals surface area contributed by atoms with Crippen molar-refractivity contribution in [1.82, 2.24) is 4.72 Å². The van der Waals surface area contributed by atoms with Crippen molar-refractivity contribution in [3.63, 3.8) is 0 Å². The van der Waals surface area contributed by atoms with Gasteiger partial charge in [0.25, 0.3) is 10.0 Å². The molecule has 1 amide bonds. The van der Waals surface area contributed by atoms with Gasteiger partial charge in [-0.3, -0.25) is 10.2 Å². The Morgan fingerprint density at radius 3 is 2.31 bits per heavy atom. The molecular formula is C8H10N4O3S. The van der Waals surface area contributed by atoms with E-state index in [2.05, 4.69) is 5.32 Å². The molecule has 0 unspecified atom stereocenters. The van der Waals surface area contributed by atoms with Crippen molar-refractivity contribution in [1.29, 1.82) is 5.41 Å². The first-order valence-corrected chi connectivity index (χ1v) is 5.61. The van der Waals surface area contributed by atoms with Gasteiger partial charge in [-0.05, 0) is 24.3 Å². The van der Waals surface area contributed by atoms with Crippen LogP contribution in [0.3, 0.4) is 0 Å². The zero-order chi connectivity index (χ0) is 12.2. The highest BCUT2D eigenvalue weighted by Crippen LogP contribution is 2.12. The molecule has 0 aliphatic carbocycles. The lowest BCUT2D eigenvalue weighted by Gasteiger charge is -2.06. The zero-order valence-corrected chi connectivity index (χ0v) is 8.91. The fraction of sp³-hybridized carbons (Fsp3) is 0. The Hall–Kier alpha value is -2.09. The van der Waals surface area contributed by atoms with Crippen LogP contribution in [0.4, 0.5) is 5.69 Å². The van der Waals surface area contributed by atoms with E-state index >= 15 is 0 Å². The Bertz CT molecular complexity index is 495. The van der Waals surface area contributed by atoms with Crippen LogP contribution in [0.15, 0.2) is 29.2 Å². The minimum Gasteiger partial charge on any atom is -0.369 e. The SMILES string of the molecule is N=C(N)NS(=O)(=O)c1ccc(NC=O)cc1. The summed E-state index contributed by atoms with van der Waals surface area (Å²) < 4.78 is 24.8. The highest BCUT2D eigenvalue weighted by Gasteiger charge is 2.13. The minimum atomic E-state index is -3.81. The van der Waals surface area contributed by atoms with Crippen LogP contribution in [0.5, 0.6) is 0 Å². The second-order valence-corrected chi connectivity index (χ2v) is 4.49. The molecule has 1 aromatic carbocycles. The van der Waals surface area contributed by atoms with Gasteiger partial charge in [0.2, 0.25) is 6.41 Å². The highest BCUT2D eigenvalue weighted by atomic mass is 32.2. The van der Waals surface area contributed by atoms with E-state index in [9.17, 15) is 13.2 Å². The van der Waals surface area contributed by atoms with Gasteiger partial charge in [0.1, 0.15) is 0 Å². The molecule has 0 heterocycles. The van der Waals surface area contributed by atoms with Gasteiger partial charge in [0.15, 0.2) is 5.96 Å². The van der Waals surface area contributed by atoms with Gasteiger partial charge in [0, 0.05) is 5.69 Å². The maximum absolute atomic E-state index is 11.5. The summed E-state index contributed by atoms with van der Waals surface area (Å²) in [6.45, 7) is 0. The van der Waals surface area contributed by atoms with Gasteiger partial charge < -0.3 is 11.1 Å². The molecule has 1 aromatic rings. The number of carbonyl (C=O) groups is 1. The van der Waals surface area contributed by atoms with Crippen LogP contribution >= 0.6 is 0 Å². The first kappa shape index (κ1) is 12.0. The summed E-state index contributed by atoms with van der Waals surface area (Å²) >= 11 is 0. The van der Waals surface area contributed by atoms with E-state index in [1.54, 1.807) is 0 Å². The lowest BCUT2D eigenvalue weighted by molar-refractivity contribution is -0.105. The maximum Gasteiger partial charge on any atom is 0.264 e. The third-order valence-electron chi connectivity index (χ3n) is 1.63. The summed E-state index contributed by atoms with van der Waals surface area (Å²) in [7, 11) is -3.81. The van der Waals surface area contributed by atoms with Gasteiger partial charge >= 0.3 is 0 Å². The Labute approximate surface area is 92.2 Å². The van der Waals surface area contributed by atoms with E-state index < -0.39 is 16.0 Å². The van der Waals surface area contributed by atoms with Gasteiger partial charge in [-0.1, -0.05) is 0 Å². The molecule has 1 rings (SSSR count). The van der Waals surface area contributed by atoms with E-state index in [1.807, 2.05) is 4.72 Å². The van der Waals surface area contributed by atoms with Gasteiger partial charge in [-0.25, -0.2) is 13.1 Å². The van der Waals surface area contributed by atoms with E-state index in [4.69, 9.17) is 11.1 Å². The molecule has 0 aromatic heterocycles. The first-order valence-electron chi connectivity index (χ1n) is 4.13. The van der Waals surface area contributed by atoms with Crippen molar-refractivity contribution in [2.45, 2.75) is 4.90 Å². The molecule has 86 valence electrons. The van der Waals surface area contributed by atoms with E-state index in [0.717, 1.165) is 0 Å². The topological polar surface area (TPSA) is 125 Å². The third kappa shape index (κ3) is 2.95. The molecule has 0 aliphatic heterocycles. The molecule has 8 heteroatoms. The molecule has 5 N–H and O–H groups in total. The maximum atomic E-state index is 11.5. The number of guanidine groups is 1. The molecule has 0 saturated carbocycles. The number of nitrogens with two attached hydrogens (primary N) is 1. The van der Waals surface area contributed by atoms with Crippen molar-refractivity contribution >= 4 is 28.1 Å². The average molecular weight is 242 g/mol. The lowest BCUT2D eigenvalue weighted by atomic mass is 10.3. The van der Waals surface area contributed by atoms with Crippen molar-refractivity contribution in [3.05, 3.63) is 24.3 Å². The predicted octanol–water partition coefficient (Wildman–Crippen LogP) is -0.573. The number of nitrogens with one attached hydrogen (secondary N) is 3. The fourth-order valence-electron chi connectivity index (χ4n) is 1.00. The summed E-state index contributed by atoms with van der Waals surface area (Å²) in [6.07, 6.45) is 0.483. The van der Waals surface area contributed by atoms with Crippen LogP contribution in [0.2, 0.25) is 0 Å². The van der Waals surface area contributed by atoms with Crippen molar-refractivity contribution in [2.75, 3.05) is 5.32 Å². The second kappa shape index (κ2) is 4.62. The molecule has 16 heavy (non-hydrogen) atoms. The van der Waals surface area contributed by atoms with Crippen molar-refractivity contribution < 1.29 is 13.2 Å². The number of sulfonamides is 1. The van der Waals surface area contributed by atoms with Gasteiger partial charge in [-0.15, -0.1) is 0 Å². The van der Waals surface area contributed by atoms with E-state index in [0.29, 0.717) is 12.1 Å². The Morgan fingerprint density at radius 2 is 1.88 bits per heavy atom. The van der Waals surface area contributed by atoms with Crippen LogP contribution < -0.4 is 15.8 Å². The van der Waals surface area contributed by atoms with Crippen molar-refractivity contribution in [3.8, 4) is 0 Å². The zero-order valence-electron chi connectivity index (χ0n) is 8.10. The van der Waals surface area contributed by atoms with Crippen LogP contribution in [0.25, 0.3) is 0 Å². The Balaban J connectivity index is 2.97. The quantitative estimate of drug-likeness (QED) is 0.320. The third-order valence-corrected chi connectivity index (χ3v) is 3.02. The normalized spacial score (nSPS) is 10.5. The summed E-state index contributed by atoms with van der Waals surface area (Å²) in [6, 6.07) is 5.42. The molecule has 0 atom stereocenters. The molecule has 0 radical (unpaired) electrons. The predicted molar refractivity (Wildman–Crippen MR) is 58.4 cm³/mol. The summed E-state index contributed by atoms with van der Waals surface area (Å²) in [5, 5.41) is 9.20. The van der Waals surface area contributed by atoms with Crippen LogP contribution in [-0.4, -0.2) is 20.8 Å². The fourth-order valence-corrected chi connectivity index (χ4v) is 1.90. The van der Waals surface area contributed by atoms with Crippen LogP contribution in [-0.2, 0) is 14.8 Å². The molecular weight excluding hydrogens is 232 g/mol. The van der Waals surface area contributed by atoms with Gasteiger partial charge in [-0.2, -0.15) is 0 Å². The number of carbonyl (C=O) groups excluding carboxylic acids is 1. The number of hydrogen-bond acceptors (Lipinski definition) is 4. The highest BCUT2D eigenvalue weighted by molar-refractivity contribution is 7.90. The molecule has 7 nitrogen and oxygen atoms in total. The van der Waals surface area contributed by atoms with Crippen LogP contribution in [0.1, 0.15) is 0 Å². The largest absolute Gasteiger partial charge is 0.369 e. The smallest absolute Gasteiger partial charge is 0.264 e. The monoisotopic (exact) mass is 242 g/mol. The molecule has 0 saturated heterocycles. The molecule has 0 aliphatic rings. The Morgan fingerprint density at radius 1 is 1.31 bits per heavy atom. The van der Waals surface area contributed by atoms with Gasteiger partial charge in [0.05, 0.1) is 4.90 Å². The van der Waals surface area contributed by atoms with Crippen LogP contribution in [0, 0.1) is 5.41 Å². The molecule has 0 spiro atoms. The van der Waals surface area contributed by atoms with E-state index in [1.165, 1.54) is 24.3 Å². The van der Waals surface area contributed by atoms with Crippen molar-refractivity contribution in [2.24, 2.45) is 5.73 Å². The summed E-state index contributed by atoms with van der Waals surface area (Å²) in [5.74, 6) is -0.657. The molecule has 0 fully saturated rings. The average Bonchev–Trinajstić information content (AvgIpc) is 2.17. The first-order chi connectivity index (χ1) is 7.45. The number of anilines is 1. The summed E-state index contributed by atoms with van der Waals surface area (Å²) in [5.41, 5.74) is 5.40.